The fourth-order valence-corrected chi connectivity index (χ4v) is 5.05. The number of para-hydroxylation sites is 1. The normalized spacial score (nSPS) is 13.3. The average molecular weight is 589 g/mol. The van der Waals surface area contributed by atoms with Crippen LogP contribution in [0.1, 0.15) is 48.3 Å². The maximum atomic E-state index is 15.1. The van der Waals surface area contributed by atoms with Crippen LogP contribution in [0, 0.1) is 12.7 Å². The van der Waals surface area contributed by atoms with Crippen molar-refractivity contribution in [3.8, 4) is 17.3 Å². The van der Waals surface area contributed by atoms with E-state index in [1.165, 1.54) is 35.3 Å². The van der Waals surface area contributed by atoms with Crippen LogP contribution < -0.4 is 15.6 Å². The molecule has 1 fully saturated rings. The third-order valence-corrected chi connectivity index (χ3v) is 7.06. The van der Waals surface area contributed by atoms with E-state index in [-0.39, 0.29) is 42.0 Å². The molecule has 3 heterocycles. The lowest BCUT2D eigenvalue weighted by atomic mass is 10.0. The van der Waals surface area contributed by atoms with Crippen molar-refractivity contribution >= 4 is 17.6 Å². The van der Waals surface area contributed by atoms with Gasteiger partial charge in [-0.2, -0.15) is 0 Å². The molecule has 5 rings (SSSR count). The van der Waals surface area contributed by atoms with Crippen molar-refractivity contribution in [1.29, 1.82) is 0 Å². The number of nitrogens with zero attached hydrogens (tertiary/aromatic N) is 5. The minimum absolute atomic E-state index is 0.0275. The molecule has 0 saturated carbocycles. The summed E-state index contributed by atoms with van der Waals surface area (Å²) in [5.74, 6) is -1.10. The molecule has 1 aliphatic heterocycles. The SMILES string of the molecule is Cc1c(C(=O)Cc2ccc(Oc3cc(NC(=O)N4CCCC4)ncn3)c(F)c2)c(=O)n(-c2ccccc2)n1CC(C)(C)O. The summed E-state index contributed by atoms with van der Waals surface area (Å²) >= 11 is 0. The van der Waals surface area contributed by atoms with Crippen LogP contribution >= 0.6 is 0 Å². The number of carbonyl (C=O) groups is 2. The quantitative estimate of drug-likeness (QED) is 0.275. The van der Waals surface area contributed by atoms with Crippen molar-refractivity contribution in [2.75, 3.05) is 18.4 Å². The van der Waals surface area contributed by atoms with Gasteiger partial charge in [0.1, 0.15) is 17.7 Å². The second-order valence-electron chi connectivity index (χ2n) is 11.1. The highest BCUT2D eigenvalue weighted by Crippen LogP contribution is 2.26. The lowest BCUT2D eigenvalue weighted by Crippen LogP contribution is -2.32. The number of aliphatic hydroxyl groups is 1. The molecule has 0 unspecified atom stereocenters. The number of hydrogen-bond donors (Lipinski definition) is 2. The smallest absolute Gasteiger partial charge is 0.323 e. The number of amides is 2. The third-order valence-electron chi connectivity index (χ3n) is 7.06. The van der Waals surface area contributed by atoms with Gasteiger partial charge in [-0.3, -0.25) is 19.6 Å². The van der Waals surface area contributed by atoms with E-state index in [0.717, 1.165) is 12.8 Å². The van der Waals surface area contributed by atoms with Crippen LogP contribution in [0.15, 0.2) is 65.7 Å². The predicted molar refractivity (Wildman–Crippen MR) is 157 cm³/mol. The summed E-state index contributed by atoms with van der Waals surface area (Å²) < 4.78 is 23.6. The summed E-state index contributed by atoms with van der Waals surface area (Å²) in [6.07, 6.45) is 2.88. The summed E-state index contributed by atoms with van der Waals surface area (Å²) in [6, 6.07) is 14.0. The van der Waals surface area contributed by atoms with Crippen LogP contribution in [0.25, 0.3) is 5.69 Å². The van der Waals surface area contributed by atoms with Gasteiger partial charge in [-0.05, 0) is 63.4 Å². The lowest BCUT2D eigenvalue weighted by molar-refractivity contribution is 0.0546. The molecule has 2 aromatic carbocycles. The molecule has 0 aliphatic carbocycles. The average Bonchev–Trinajstić information content (AvgIpc) is 3.57. The topological polar surface area (TPSA) is 132 Å². The van der Waals surface area contributed by atoms with Crippen LogP contribution in [0.3, 0.4) is 0 Å². The summed E-state index contributed by atoms with van der Waals surface area (Å²) in [6.45, 7) is 6.32. The fraction of sp³-hybridized carbons (Fsp3) is 0.323. The number of anilines is 1. The maximum absolute atomic E-state index is 15.1. The number of urea groups is 1. The van der Waals surface area contributed by atoms with Crippen LogP contribution in [0.2, 0.25) is 0 Å². The van der Waals surface area contributed by atoms with Gasteiger partial charge >= 0.3 is 6.03 Å². The molecule has 224 valence electrons. The molecule has 2 amide bonds. The number of likely N-dealkylation sites (tertiary alicyclic amines) is 1. The zero-order valence-corrected chi connectivity index (χ0v) is 24.2. The molecule has 0 bridgehead atoms. The Labute approximate surface area is 247 Å². The Hall–Kier alpha value is -4.84. The molecule has 2 aromatic heterocycles. The van der Waals surface area contributed by atoms with E-state index in [1.54, 1.807) is 54.6 Å². The van der Waals surface area contributed by atoms with Crippen LogP contribution in [0.4, 0.5) is 15.0 Å². The van der Waals surface area contributed by atoms with Crippen molar-refractivity contribution in [2.24, 2.45) is 0 Å². The van der Waals surface area contributed by atoms with Gasteiger partial charge < -0.3 is 14.7 Å². The fourth-order valence-electron chi connectivity index (χ4n) is 5.05. The number of halogens is 1. The number of hydrogen-bond acceptors (Lipinski definition) is 7. The Kier molecular flexibility index (Phi) is 8.40. The minimum Gasteiger partial charge on any atom is -0.436 e. The second-order valence-corrected chi connectivity index (χ2v) is 11.1. The number of ketones is 1. The zero-order valence-electron chi connectivity index (χ0n) is 24.2. The minimum atomic E-state index is -1.16. The maximum Gasteiger partial charge on any atom is 0.323 e. The van der Waals surface area contributed by atoms with Crippen molar-refractivity contribution in [3.05, 3.63) is 93.9 Å². The molecule has 11 nitrogen and oxygen atoms in total. The highest BCUT2D eigenvalue weighted by atomic mass is 19.1. The summed E-state index contributed by atoms with van der Waals surface area (Å²) in [5, 5.41) is 13.2. The van der Waals surface area contributed by atoms with Gasteiger partial charge in [-0.15, -0.1) is 0 Å². The Morgan fingerprint density at radius 1 is 1.07 bits per heavy atom. The van der Waals surface area contributed by atoms with Crippen molar-refractivity contribution in [3.63, 3.8) is 0 Å². The van der Waals surface area contributed by atoms with E-state index < -0.39 is 22.8 Å². The summed E-state index contributed by atoms with van der Waals surface area (Å²) in [5.41, 5.74) is -0.409. The number of Topliss-reactive ketones (excluding diaryl/α,β-unsaturated/α-hetero) is 1. The van der Waals surface area contributed by atoms with E-state index in [0.29, 0.717) is 30.0 Å². The van der Waals surface area contributed by atoms with E-state index in [9.17, 15) is 19.5 Å². The summed E-state index contributed by atoms with van der Waals surface area (Å²) in [4.78, 5) is 49.0. The van der Waals surface area contributed by atoms with E-state index in [4.69, 9.17) is 4.74 Å². The van der Waals surface area contributed by atoms with Gasteiger partial charge in [0, 0.05) is 31.3 Å². The highest BCUT2D eigenvalue weighted by molar-refractivity contribution is 5.98. The Balaban J connectivity index is 1.34. The van der Waals surface area contributed by atoms with Crippen LogP contribution in [0.5, 0.6) is 11.6 Å². The van der Waals surface area contributed by atoms with E-state index in [2.05, 4.69) is 15.3 Å². The van der Waals surface area contributed by atoms with Crippen molar-refractivity contribution in [1.82, 2.24) is 24.2 Å². The molecule has 0 spiro atoms. The Morgan fingerprint density at radius 3 is 2.47 bits per heavy atom. The number of rotatable bonds is 9. The largest absolute Gasteiger partial charge is 0.436 e. The third kappa shape index (κ3) is 6.81. The first-order valence-corrected chi connectivity index (χ1v) is 14.0. The second kappa shape index (κ2) is 12.2. The first-order valence-electron chi connectivity index (χ1n) is 14.0. The molecule has 4 aromatic rings. The number of benzene rings is 2. The van der Waals surface area contributed by atoms with Gasteiger partial charge in [0.15, 0.2) is 17.3 Å². The van der Waals surface area contributed by atoms with Crippen molar-refractivity contribution in [2.45, 2.75) is 52.2 Å². The Bertz CT molecular complexity index is 1700. The highest BCUT2D eigenvalue weighted by Gasteiger charge is 2.27. The molecule has 1 saturated heterocycles. The number of nitrogens with one attached hydrogen (secondary N) is 1. The number of aromatic nitrogens is 4. The molecule has 1 aliphatic rings. The number of ether oxygens (including phenoxy) is 1. The van der Waals surface area contributed by atoms with Gasteiger partial charge in [0.25, 0.3) is 5.56 Å². The lowest BCUT2D eigenvalue weighted by Gasteiger charge is -2.22. The molecular weight excluding hydrogens is 555 g/mol. The zero-order chi connectivity index (χ0) is 30.7. The van der Waals surface area contributed by atoms with E-state index in [1.807, 2.05) is 6.07 Å². The van der Waals surface area contributed by atoms with E-state index >= 15 is 4.39 Å². The molecule has 12 heteroatoms. The van der Waals surface area contributed by atoms with Gasteiger partial charge in [-0.1, -0.05) is 24.3 Å². The first kappa shape index (κ1) is 29.6. The molecule has 2 N–H and O–H groups in total. The van der Waals surface area contributed by atoms with Crippen molar-refractivity contribution < 1.29 is 23.8 Å². The van der Waals surface area contributed by atoms with Gasteiger partial charge in [0.2, 0.25) is 5.88 Å². The predicted octanol–water partition coefficient (Wildman–Crippen LogP) is 4.49. The molecule has 0 atom stereocenters. The molecule has 43 heavy (non-hydrogen) atoms. The monoisotopic (exact) mass is 588 g/mol. The van der Waals surface area contributed by atoms with Gasteiger partial charge in [-0.25, -0.2) is 23.8 Å². The standard InChI is InChI=1S/C31H33FN6O5/c1-20-28(29(40)38(22-9-5-4-6-10-22)37(20)18-31(2,3)42)24(39)16-21-11-12-25(23(32)15-21)43-27-17-26(33-19-34-27)35-30(41)36-13-7-8-14-36/h4-6,9-12,15,17,19,42H,7-8,13-14,16,18H2,1-3H3,(H,33,34,35,41). The Morgan fingerprint density at radius 2 is 1.79 bits per heavy atom. The van der Waals surface area contributed by atoms with Crippen LogP contribution in [-0.4, -0.2) is 59.8 Å². The van der Waals surface area contributed by atoms with Gasteiger partial charge in [0.05, 0.1) is 17.8 Å². The molecular formula is C31H33FN6O5. The molecule has 0 radical (unpaired) electrons. The first-order chi connectivity index (χ1) is 20.5. The van der Waals surface area contributed by atoms with Crippen LogP contribution in [-0.2, 0) is 13.0 Å². The summed E-state index contributed by atoms with van der Waals surface area (Å²) in [7, 11) is 0. The number of carbonyl (C=O) groups excluding carboxylic acids is 2.